The van der Waals surface area contributed by atoms with E-state index >= 15 is 0 Å². The van der Waals surface area contributed by atoms with Crippen molar-refractivity contribution < 1.29 is 4.79 Å². The molecule has 116 valence electrons. The minimum Gasteiger partial charge on any atom is -0.305 e. The molecule has 6 heteroatoms. The maximum atomic E-state index is 12.4. The van der Waals surface area contributed by atoms with Crippen LogP contribution >= 0.6 is 11.6 Å². The van der Waals surface area contributed by atoms with Crippen molar-refractivity contribution >= 4 is 23.3 Å². The second kappa shape index (κ2) is 6.22. The molecule has 0 radical (unpaired) electrons. The fourth-order valence-corrected chi connectivity index (χ4v) is 2.50. The number of aromatic nitrogens is 3. The van der Waals surface area contributed by atoms with Crippen LogP contribution in [0.3, 0.4) is 0 Å². The SMILES string of the molecule is Cc1ccnc(NC(=O)c2cc(-c3ccccc3Cl)nn2C)c1. The molecule has 0 spiro atoms. The number of aryl methyl sites for hydroxylation is 2. The van der Waals surface area contributed by atoms with E-state index in [-0.39, 0.29) is 5.91 Å². The Labute approximate surface area is 138 Å². The van der Waals surface area contributed by atoms with Crippen LogP contribution in [0.25, 0.3) is 11.3 Å². The number of pyridine rings is 1. The zero-order valence-electron chi connectivity index (χ0n) is 12.7. The summed E-state index contributed by atoms with van der Waals surface area (Å²) in [5, 5.41) is 7.74. The van der Waals surface area contributed by atoms with E-state index in [9.17, 15) is 4.79 Å². The number of hydrogen-bond donors (Lipinski definition) is 1. The van der Waals surface area contributed by atoms with Crippen LogP contribution in [-0.2, 0) is 7.05 Å². The predicted octanol–water partition coefficient (Wildman–Crippen LogP) is 3.70. The molecule has 0 aliphatic carbocycles. The Morgan fingerprint density at radius 1 is 1.22 bits per heavy atom. The van der Waals surface area contributed by atoms with Gasteiger partial charge in [-0.15, -0.1) is 0 Å². The number of anilines is 1. The first-order valence-electron chi connectivity index (χ1n) is 7.07. The summed E-state index contributed by atoms with van der Waals surface area (Å²) >= 11 is 6.19. The van der Waals surface area contributed by atoms with Crippen LogP contribution in [0.1, 0.15) is 16.1 Å². The van der Waals surface area contributed by atoms with Gasteiger partial charge in [-0.2, -0.15) is 5.10 Å². The first-order chi connectivity index (χ1) is 11.0. The van der Waals surface area contributed by atoms with Crippen LogP contribution < -0.4 is 5.32 Å². The fourth-order valence-electron chi connectivity index (χ4n) is 2.27. The van der Waals surface area contributed by atoms with Gasteiger partial charge in [0.2, 0.25) is 0 Å². The van der Waals surface area contributed by atoms with Gasteiger partial charge in [0.05, 0.1) is 10.7 Å². The third kappa shape index (κ3) is 3.24. The van der Waals surface area contributed by atoms with Crippen LogP contribution in [0.5, 0.6) is 0 Å². The molecular weight excluding hydrogens is 312 g/mol. The molecule has 0 saturated heterocycles. The van der Waals surface area contributed by atoms with Gasteiger partial charge in [-0.1, -0.05) is 29.8 Å². The van der Waals surface area contributed by atoms with Crippen molar-refractivity contribution in [2.45, 2.75) is 6.92 Å². The summed E-state index contributed by atoms with van der Waals surface area (Å²) in [6, 6.07) is 12.8. The fraction of sp³-hybridized carbons (Fsp3) is 0.118. The van der Waals surface area contributed by atoms with Gasteiger partial charge in [0.25, 0.3) is 5.91 Å². The number of carbonyl (C=O) groups excluding carboxylic acids is 1. The lowest BCUT2D eigenvalue weighted by molar-refractivity contribution is 0.101. The molecule has 1 amide bonds. The summed E-state index contributed by atoms with van der Waals surface area (Å²) in [4.78, 5) is 16.6. The summed E-state index contributed by atoms with van der Waals surface area (Å²) < 4.78 is 1.53. The third-order valence-electron chi connectivity index (χ3n) is 3.42. The number of nitrogens with one attached hydrogen (secondary N) is 1. The molecule has 2 heterocycles. The Balaban J connectivity index is 1.89. The highest BCUT2D eigenvalue weighted by molar-refractivity contribution is 6.33. The molecule has 2 aromatic heterocycles. The predicted molar refractivity (Wildman–Crippen MR) is 90.6 cm³/mol. The topological polar surface area (TPSA) is 59.8 Å². The van der Waals surface area contributed by atoms with Gasteiger partial charge in [0.1, 0.15) is 11.5 Å². The number of rotatable bonds is 3. The quantitative estimate of drug-likeness (QED) is 0.798. The molecule has 5 nitrogen and oxygen atoms in total. The minimum absolute atomic E-state index is 0.267. The summed E-state index contributed by atoms with van der Waals surface area (Å²) in [5.41, 5.74) is 2.90. The van der Waals surface area contributed by atoms with E-state index in [4.69, 9.17) is 11.6 Å². The Kier molecular flexibility index (Phi) is 4.12. The van der Waals surface area contributed by atoms with E-state index < -0.39 is 0 Å². The van der Waals surface area contributed by atoms with Crippen LogP contribution in [0, 0.1) is 6.92 Å². The molecule has 0 saturated carbocycles. The normalized spacial score (nSPS) is 10.6. The van der Waals surface area contributed by atoms with Crippen molar-refractivity contribution in [2.24, 2.45) is 7.05 Å². The molecule has 0 aliphatic heterocycles. The molecular formula is C17H15ClN4O. The number of amides is 1. The Hall–Kier alpha value is -2.66. The first kappa shape index (κ1) is 15.2. The largest absolute Gasteiger partial charge is 0.305 e. The van der Waals surface area contributed by atoms with Gasteiger partial charge in [0.15, 0.2) is 0 Å². The summed E-state index contributed by atoms with van der Waals surface area (Å²) in [6.45, 7) is 1.94. The molecule has 3 aromatic rings. The van der Waals surface area contributed by atoms with Gasteiger partial charge in [-0.3, -0.25) is 9.48 Å². The van der Waals surface area contributed by atoms with Crippen LogP contribution in [0.4, 0.5) is 5.82 Å². The van der Waals surface area contributed by atoms with Gasteiger partial charge in [0, 0.05) is 18.8 Å². The van der Waals surface area contributed by atoms with Crippen molar-refractivity contribution in [3.63, 3.8) is 0 Å². The number of halogens is 1. The Bertz CT molecular complexity index is 873. The molecule has 1 N–H and O–H groups in total. The summed E-state index contributed by atoms with van der Waals surface area (Å²) in [6.07, 6.45) is 1.66. The lowest BCUT2D eigenvalue weighted by Gasteiger charge is -2.04. The number of benzene rings is 1. The molecule has 3 rings (SSSR count). The Morgan fingerprint density at radius 3 is 2.74 bits per heavy atom. The molecule has 0 fully saturated rings. The van der Waals surface area contributed by atoms with E-state index in [1.807, 2.05) is 37.3 Å². The third-order valence-corrected chi connectivity index (χ3v) is 3.75. The van der Waals surface area contributed by atoms with Crippen molar-refractivity contribution in [3.05, 3.63) is 64.9 Å². The molecule has 23 heavy (non-hydrogen) atoms. The highest BCUT2D eigenvalue weighted by Gasteiger charge is 2.16. The van der Waals surface area contributed by atoms with Crippen molar-refractivity contribution in [2.75, 3.05) is 5.32 Å². The van der Waals surface area contributed by atoms with Gasteiger partial charge >= 0.3 is 0 Å². The first-order valence-corrected chi connectivity index (χ1v) is 7.45. The molecule has 0 atom stereocenters. The monoisotopic (exact) mass is 326 g/mol. The standard InChI is InChI=1S/C17H15ClN4O/c1-11-7-8-19-16(9-11)20-17(23)15-10-14(21-22(15)2)12-5-3-4-6-13(12)18/h3-10H,1-2H3,(H,19,20,23). The number of carbonyl (C=O) groups is 1. The van der Waals surface area contributed by atoms with Crippen molar-refractivity contribution in [3.8, 4) is 11.3 Å². The molecule has 0 aliphatic rings. The van der Waals surface area contributed by atoms with Gasteiger partial charge < -0.3 is 5.32 Å². The summed E-state index contributed by atoms with van der Waals surface area (Å²) in [7, 11) is 1.72. The second-order valence-electron chi connectivity index (χ2n) is 5.19. The summed E-state index contributed by atoms with van der Waals surface area (Å²) in [5.74, 6) is 0.242. The average molecular weight is 327 g/mol. The lowest BCUT2D eigenvalue weighted by Crippen LogP contribution is -2.16. The smallest absolute Gasteiger partial charge is 0.275 e. The average Bonchev–Trinajstić information content (AvgIpc) is 2.89. The highest BCUT2D eigenvalue weighted by Crippen LogP contribution is 2.27. The van der Waals surface area contributed by atoms with Crippen molar-refractivity contribution in [1.29, 1.82) is 0 Å². The molecule has 1 aromatic carbocycles. The van der Waals surface area contributed by atoms with Gasteiger partial charge in [-0.05, 0) is 36.8 Å². The highest BCUT2D eigenvalue weighted by atomic mass is 35.5. The number of nitrogens with zero attached hydrogens (tertiary/aromatic N) is 3. The van der Waals surface area contributed by atoms with Gasteiger partial charge in [-0.25, -0.2) is 4.98 Å². The maximum absolute atomic E-state index is 12.4. The van der Waals surface area contributed by atoms with E-state index in [0.717, 1.165) is 11.1 Å². The van der Waals surface area contributed by atoms with E-state index in [2.05, 4.69) is 15.4 Å². The van der Waals surface area contributed by atoms with E-state index in [0.29, 0.717) is 22.2 Å². The zero-order chi connectivity index (χ0) is 16.4. The van der Waals surface area contributed by atoms with Crippen LogP contribution in [0.2, 0.25) is 5.02 Å². The van der Waals surface area contributed by atoms with Crippen LogP contribution in [-0.4, -0.2) is 20.7 Å². The maximum Gasteiger partial charge on any atom is 0.275 e. The zero-order valence-corrected chi connectivity index (χ0v) is 13.5. The molecule has 0 unspecified atom stereocenters. The van der Waals surface area contributed by atoms with E-state index in [1.165, 1.54) is 4.68 Å². The Morgan fingerprint density at radius 2 is 2.00 bits per heavy atom. The minimum atomic E-state index is -0.267. The second-order valence-corrected chi connectivity index (χ2v) is 5.60. The lowest BCUT2D eigenvalue weighted by atomic mass is 10.1. The van der Waals surface area contributed by atoms with Crippen LogP contribution in [0.15, 0.2) is 48.7 Å². The van der Waals surface area contributed by atoms with E-state index in [1.54, 1.807) is 25.4 Å². The molecule has 0 bridgehead atoms. The number of hydrogen-bond acceptors (Lipinski definition) is 3. The van der Waals surface area contributed by atoms with Crippen molar-refractivity contribution in [1.82, 2.24) is 14.8 Å².